The van der Waals surface area contributed by atoms with Crippen molar-refractivity contribution in [3.63, 3.8) is 0 Å². The van der Waals surface area contributed by atoms with E-state index in [1.54, 1.807) is 6.20 Å². The number of likely N-dealkylation sites (N-methyl/N-ethyl adjacent to an activating group) is 1. The molecule has 0 unspecified atom stereocenters. The van der Waals surface area contributed by atoms with Crippen LogP contribution in [0.4, 0.5) is 11.6 Å². The summed E-state index contributed by atoms with van der Waals surface area (Å²) in [5, 5.41) is 3.23. The lowest BCUT2D eigenvalue weighted by Gasteiger charge is -2.34. The minimum Gasteiger partial charge on any atom is -0.336 e. The second-order valence-corrected chi connectivity index (χ2v) is 8.45. The van der Waals surface area contributed by atoms with Crippen LogP contribution in [0, 0.1) is 3.57 Å². The van der Waals surface area contributed by atoms with Crippen LogP contribution in [0.3, 0.4) is 0 Å². The van der Waals surface area contributed by atoms with E-state index in [1.807, 2.05) is 35.2 Å². The molecule has 4 rings (SSSR count). The Morgan fingerprint density at radius 2 is 1.70 bits per heavy atom. The summed E-state index contributed by atoms with van der Waals surface area (Å²) in [7, 11) is 0. The first-order chi connectivity index (χ1) is 14.6. The Kier molecular flexibility index (Phi) is 6.59. The smallest absolute Gasteiger partial charge is 0.253 e. The van der Waals surface area contributed by atoms with Crippen LogP contribution in [0.1, 0.15) is 17.3 Å². The molecule has 1 amide bonds. The zero-order valence-corrected chi connectivity index (χ0v) is 19.0. The number of rotatable bonds is 5. The zero-order chi connectivity index (χ0) is 20.9. The molecule has 7 heteroatoms. The molecule has 1 aliphatic rings. The fourth-order valence-corrected chi connectivity index (χ4v) is 3.83. The normalized spacial score (nSPS) is 14.5. The predicted octanol–water partition coefficient (Wildman–Crippen LogP) is 4.27. The van der Waals surface area contributed by atoms with Gasteiger partial charge in [-0.05, 0) is 71.6 Å². The fraction of sp³-hybridized carbons (Fsp3) is 0.261. The van der Waals surface area contributed by atoms with Gasteiger partial charge in [0.2, 0.25) is 5.95 Å². The number of nitrogens with zero attached hydrogens (tertiary/aromatic N) is 4. The van der Waals surface area contributed by atoms with Crippen molar-refractivity contribution in [3.05, 3.63) is 69.9 Å². The van der Waals surface area contributed by atoms with Crippen molar-refractivity contribution < 1.29 is 4.79 Å². The highest BCUT2D eigenvalue weighted by molar-refractivity contribution is 14.1. The molecule has 6 nitrogen and oxygen atoms in total. The first kappa shape index (κ1) is 20.7. The van der Waals surface area contributed by atoms with Crippen LogP contribution >= 0.6 is 22.6 Å². The lowest BCUT2D eigenvalue weighted by Crippen LogP contribution is -2.48. The number of carbonyl (C=O) groups excluding carboxylic acids is 1. The van der Waals surface area contributed by atoms with Crippen molar-refractivity contribution in [2.45, 2.75) is 6.92 Å². The molecule has 0 spiro atoms. The van der Waals surface area contributed by atoms with Gasteiger partial charge >= 0.3 is 0 Å². The van der Waals surface area contributed by atoms with Crippen LogP contribution in [-0.4, -0.2) is 58.4 Å². The average Bonchev–Trinajstić information content (AvgIpc) is 2.80. The summed E-state index contributed by atoms with van der Waals surface area (Å²) in [5.74, 6) is 0.620. The number of piperazine rings is 1. The summed E-state index contributed by atoms with van der Waals surface area (Å²) in [6.07, 6.45) is 1.75. The summed E-state index contributed by atoms with van der Waals surface area (Å²) >= 11 is 2.29. The lowest BCUT2D eigenvalue weighted by atomic mass is 10.1. The molecule has 154 valence electrons. The summed E-state index contributed by atoms with van der Waals surface area (Å²) in [6, 6.07) is 17.6. The molecule has 1 N–H and O–H groups in total. The Morgan fingerprint density at radius 3 is 2.37 bits per heavy atom. The Bertz CT molecular complexity index is 999. The van der Waals surface area contributed by atoms with Crippen LogP contribution < -0.4 is 5.32 Å². The molecule has 0 atom stereocenters. The van der Waals surface area contributed by atoms with Crippen molar-refractivity contribution in [2.75, 3.05) is 38.0 Å². The molecular weight excluding hydrogens is 489 g/mol. The van der Waals surface area contributed by atoms with E-state index in [0.717, 1.165) is 49.7 Å². The van der Waals surface area contributed by atoms with E-state index >= 15 is 0 Å². The van der Waals surface area contributed by atoms with Crippen LogP contribution in [0.2, 0.25) is 0 Å². The molecule has 0 bridgehead atoms. The van der Waals surface area contributed by atoms with Gasteiger partial charge in [0, 0.05) is 52.8 Å². The molecule has 0 radical (unpaired) electrons. The van der Waals surface area contributed by atoms with E-state index in [0.29, 0.717) is 11.5 Å². The standard InChI is InChI=1S/C23H24IN5O/c1-2-28-13-15-29(16-14-28)22(30)18-5-9-20(10-6-18)26-23-25-12-11-21(27-23)17-3-7-19(24)8-4-17/h3-12H,2,13-16H2,1H3,(H,25,26,27). The van der Waals surface area contributed by atoms with E-state index in [-0.39, 0.29) is 5.91 Å². The number of aromatic nitrogens is 2. The predicted molar refractivity (Wildman–Crippen MR) is 128 cm³/mol. The number of amides is 1. The van der Waals surface area contributed by atoms with E-state index < -0.39 is 0 Å². The fourth-order valence-electron chi connectivity index (χ4n) is 3.48. The third-order valence-corrected chi connectivity index (χ3v) is 6.01. The van der Waals surface area contributed by atoms with Gasteiger partial charge in [-0.15, -0.1) is 0 Å². The maximum Gasteiger partial charge on any atom is 0.253 e. The van der Waals surface area contributed by atoms with Crippen molar-refractivity contribution in [1.29, 1.82) is 0 Å². The van der Waals surface area contributed by atoms with E-state index in [1.165, 1.54) is 3.57 Å². The summed E-state index contributed by atoms with van der Waals surface area (Å²) < 4.78 is 1.19. The monoisotopic (exact) mass is 513 g/mol. The number of halogens is 1. The van der Waals surface area contributed by atoms with Crippen LogP contribution in [-0.2, 0) is 0 Å². The molecule has 0 aliphatic carbocycles. The number of hydrogen-bond donors (Lipinski definition) is 1. The minimum atomic E-state index is 0.0919. The zero-order valence-electron chi connectivity index (χ0n) is 16.9. The Hall–Kier alpha value is -2.52. The van der Waals surface area contributed by atoms with Gasteiger partial charge < -0.3 is 15.1 Å². The molecule has 3 aromatic rings. The third kappa shape index (κ3) is 4.96. The number of benzene rings is 2. The quantitative estimate of drug-likeness (QED) is 0.517. The van der Waals surface area contributed by atoms with Crippen LogP contribution in [0.15, 0.2) is 60.8 Å². The van der Waals surface area contributed by atoms with E-state index in [4.69, 9.17) is 0 Å². The molecule has 2 aromatic carbocycles. The second-order valence-electron chi connectivity index (χ2n) is 7.20. The van der Waals surface area contributed by atoms with Crippen molar-refractivity contribution >= 4 is 40.1 Å². The van der Waals surface area contributed by atoms with E-state index in [2.05, 4.69) is 74.0 Å². The maximum atomic E-state index is 12.8. The molecule has 0 saturated carbocycles. The van der Waals surface area contributed by atoms with Gasteiger partial charge in [-0.3, -0.25) is 4.79 Å². The number of carbonyl (C=O) groups is 1. The molecule has 1 aliphatic heterocycles. The molecule has 30 heavy (non-hydrogen) atoms. The lowest BCUT2D eigenvalue weighted by molar-refractivity contribution is 0.0643. The van der Waals surface area contributed by atoms with Gasteiger partial charge in [-0.1, -0.05) is 19.1 Å². The van der Waals surface area contributed by atoms with Gasteiger partial charge in [0.25, 0.3) is 5.91 Å². The highest BCUT2D eigenvalue weighted by Gasteiger charge is 2.21. The molecule has 1 saturated heterocycles. The van der Waals surface area contributed by atoms with Crippen molar-refractivity contribution in [2.24, 2.45) is 0 Å². The largest absolute Gasteiger partial charge is 0.336 e. The minimum absolute atomic E-state index is 0.0919. The topological polar surface area (TPSA) is 61.4 Å². The van der Waals surface area contributed by atoms with Gasteiger partial charge in [0.1, 0.15) is 0 Å². The molecule has 2 heterocycles. The number of anilines is 2. The first-order valence-electron chi connectivity index (χ1n) is 10.1. The highest BCUT2D eigenvalue weighted by Crippen LogP contribution is 2.21. The first-order valence-corrected chi connectivity index (χ1v) is 11.2. The highest BCUT2D eigenvalue weighted by atomic mass is 127. The molecular formula is C23H24IN5O. The SMILES string of the molecule is CCN1CCN(C(=O)c2ccc(Nc3nccc(-c4ccc(I)cc4)n3)cc2)CC1. The summed E-state index contributed by atoms with van der Waals surface area (Å²) in [6.45, 7) is 6.64. The summed E-state index contributed by atoms with van der Waals surface area (Å²) in [4.78, 5) is 26.0. The van der Waals surface area contributed by atoms with Gasteiger partial charge in [-0.25, -0.2) is 9.97 Å². The average molecular weight is 513 g/mol. The Morgan fingerprint density at radius 1 is 1.00 bits per heavy atom. The number of hydrogen-bond acceptors (Lipinski definition) is 5. The van der Waals surface area contributed by atoms with Gasteiger partial charge in [-0.2, -0.15) is 0 Å². The molecule has 1 aromatic heterocycles. The van der Waals surface area contributed by atoms with Crippen molar-refractivity contribution in [3.8, 4) is 11.3 Å². The van der Waals surface area contributed by atoms with Gasteiger partial charge in [0.15, 0.2) is 0 Å². The summed E-state index contributed by atoms with van der Waals surface area (Å²) in [5.41, 5.74) is 3.47. The van der Waals surface area contributed by atoms with Crippen LogP contribution in [0.25, 0.3) is 11.3 Å². The third-order valence-electron chi connectivity index (χ3n) is 5.29. The number of nitrogens with one attached hydrogen (secondary N) is 1. The van der Waals surface area contributed by atoms with Crippen LogP contribution in [0.5, 0.6) is 0 Å². The molecule has 1 fully saturated rings. The van der Waals surface area contributed by atoms with Crippen molar-refractivity contribution in [1.82, 2.24) is 19.8 Å². The van der Waals surface area contributed by atoms with E-state index in [9.17, 15) is 4.79 Å². The second kappa shape index (κ2) is 9.53. The maximum absolute atomic E-state index is 12.8. The Balaban J connectivity index is 1.42. The van der Waals surface area contributed by atoms with Gasteiger partial charge in [0.05, 0.1) is 5.69 Å². The Labute approximate surface area is 190 Å².